The molecule has 122 valence electrons. The average molecular weight is 340 g/mol. The third-order valence-corrected chi connectivity index (χ3v) is 4.08. The molecule has 2 aromatic rings. The van der Waals surface area contributed by atoms with Gasteiger partial charge >= 0.3 is 0 Å². The summed E-state index contributed by atoms with van der Waals surface area (Å²) in [7, 11) is 1.41. The van der Waals surface area contributed by atoms with Crippen molar-refractivity contribution in [2.24, 2.45) is 0 Å². The molecule has 9 nitrogen and oxygen atoms in total. The van der Waals surface area contributed by atoms with E-state index in [4.69, 9.17) is 26.8 Å². The van der Waals surface area contributed by atoms with E-state index >= 15 is 0 Å². The van der Waals surface area contributed by atoms with Crippen LogP contribution in [0.3, 0.4) is 0 Å². The molecular formula is C13H14ClN5O4. The number of nitrogens with zero attached hydrogens (tertiary/aromatic N) is 4. The fourth-order valence-corrected chi connectivity index (χ4v) is 3.02. The maximum absolute atomic E-state index is 10.2. The number of rotatable bonds is 3. The Hall–Kier alpha value is -1.96. The van der Waals surface area contributed by atoms with Crippen LogP contribution in [0.5, 0.6) is 0 Å². The number of nitrogen functional groups attached to an aromatic ring is 1. The van der Waals surface area contributed by atoms with Crippen molar-refractivity contribution in [2.75, 3.05) is 19.5 Å². The Morgan fingerprint density at radius 2 is 2.30 bits per heavy atom. The van der Waals surface area contributed by atoms with Gasteiger partial charge < -0.3 is 30.0 Å². The first-order valence-corrected chi connectivity index (χ1v) is 7.10. The minimum atomic E-state index is -1.03. The standard InChI is InChI=1S/C13H14ClN5O4/c1-22-9-8(21)6(4-20)23-12(9)19-3-5(2-15)7-10(14)17-13(16)18-11(7)19/h3,6,8-9,12,20-21H,4H2,1H3,(H2,16,17,18)/t6-,8-,9-,12?/m1/s1. The van der Waals surface area contributed by atoms with Gasteiger partial charge in [0.25, 0.3) is 0 Å². The summed E-state index contributed by atoms with van der Waals surface area (Å²) in [4.78, 5) is 7.95. The van der Waals surface area contributed by atoms with E-state index < -0.39 is 24.5 Å². The second-order valence-corrected chi connectivity index (χ2v) is 5.43. The summed E-state index contributed by atoms with van der Waals surface area (Å²) >= 11 is 6.06. The quantitative estimate of drug-likeness (QED) is 0.653. The summed E-state index contributed by atoms with van der Waals surface area (Å²) in [6.07, 6.45) is -1.94. The zero-order chi connectivity index (χ0) is 16.7. The van der Waals surface area contributed by atoms with Crippen LogP contribution in [-0.4, -0.2) is 56.8 Å². The van der Waals surface area contributed by atoms with Crippen LogP contribution in [-0.2, 0) is 9.47 Å². The highest BCUT2D eigenvalue weighted by Gasteiger charge is 2.45. The first-order chi connectivity index (χ1) is 11.0. The van der Waals surface area contributed by atoms with Crippen molar-refractivity contribution in [1.82, 2.24) is 14.5 Å². The Morgan fingerprint density at radius 3 is 2.91 bits per heavy atom. The van der Waals surface area contributed by atoms with Crippen molar-refractivity contribution in [3.63, 3.8) is 0 Å². The Kier molecular flexibility index (Phi) is 4.09. The fraction of sp³-hybridized carbons (Fsp3) is 0.462. The van der Waals surface area contributed by atoms with Gasteiger partial charge in [-0.15, -0.1) is 0 Å². The molecule has 1 unspecified atom stereocenters. The van der Waals surface area contributed by atoms with Gasteiger partial charge in [-0.2, -0.15) is 10.2 Å². The Balaban J connectivity index is 2.19. The Labute approximate surface area is 135 Å². The number of nitriles is 1. The first kappa shape index (κ1) is 15.9. The number of aliphatic hydroxyl groups excluding tert-OH is 2. The van der Waals surface area contributed by atoms with E-state index in [-0.39, 0.29) is 28.9 Å². The zero-order valence-corrected chi connectivity index (χ0v) is 12.8. The van der Waals surface area contributed by atoms with Crippen molar-refractivity contribution in [1.29, 1.82) is 5.26 Å². The van der Waals surface area contributed by atoms with Crippen LogP contribution in [0.4, 0.5) is 5.95 Å². The SMILES string of the molecule is CO[C@H]1C(n2cc(C#N)c3c(Cl)nc(N)nc32)O[C@H](CO)[C@H]1O. The Morgan fingerprint density at radius 1 is 1.57 bits per heavy atom. The molecule has 1 aliphatic heterocycles. The third-order valence-electron chi connectivity index (χ3n) is 3.80. The van der Waals surface area contributed by atoms with Crippen molar-refractivity contribution in [2.45, 2.75) is 24.5 Å². The highest BCUT2D eigenvalue weighted by molar-refractivity contribution is 6.34. The molecule has 4 atom stereocenters. The Bertz CT molecular complexity index is 789. The van der Waals surface area contributed by atoms with Gasteiger partial charge in [0.1, 0.15) is 29.5 Å². The van der Waals surface area contributed by atoms with Gasteiger partial charge in [0.05, 0.1) is 17.6 Å². The molecule has 1 saturated heterocycles. The van der Waals surface area contributed by atoms with E-state index in [0.717, 1.165) is 0 Å². The van der Waals surface area contributed by atoms with E-state index in [0.29, 0.717) is 5.39 Å². The lowest BCUT2D eigenvalue weighted by Crippen LogP contribution is -2.34. The largest absolute Gasteiger partial charge is 0.394 e. The second-order valence-electron chi connectivity index (χ2n) is 5.07. The molecular weight excluding hydrogens is 326 g/mol. The number of halogens is 1. The molecule has 0 spiro atoms. The lowest BCUT2D eigenvalue weighted by molar-refractivity contribution is -0.0580. The number of nitrogens with two attached hydrogens (primary N) is 1. The maximum Gasteiger partial charge on any atom is 0.223 e. The number of fused-ring (bicyclic) bond motifs is 1. The molecule has 1 aliphatic rings. The van der Waals surface area contributed by atoms with Gasteiger partial charge in [0.15, 0.2) is 11.9 Å². The van der Waals surface area contributed by atoms with Gasteiger partial charge in [-0.3, -0.25) is 0 Å². The first-order valence-electron chi connectivity index (χ1n) is 6.72. The topological polar surface area (TPSA) is 139 Å². The number of aliphatic hydroxyl groups is 2. The van der Waals surface area contributed by atoms with Crippen molar-refractivity contribution < 1.29 is 19.7 Å². The second kappa shape index (κ2) is 5.92. The van der Waals surface area contributed by atoms with Crippen LogP contribution < -0.4 is 5.73 Å². The minimum Gasteiger partial charge on any atom is -0.394 e. The van der Waals surface area contributed by atoms with Crippen molar-refractivity contribution in [3.05, 3.63) is 16.9 Å². The number of anilines is 1. The van der Waals surface area contributed by atoms with Crippen LogP contribution in [0.25, 0.3) is 11.0 Å². The molecule has 0 amide bonds. The average Bonchev–Trinajstić information content (AvgIpc) is 3.04. The van der Waals surface area contributed by atoms with E-state index in [9.17, 15) is 15.5 Å². The van der Waals surface area contributed by atoms with Gasteiger partial charge in [-0.25, -0.2) is 4.98 Å². The summed E-state index contributed by atoms with van der Waals surface area (Å²) in [6.45, 7) is -0.375. The number of hydrogen-bond acceptors (Lipinski definition) is 8. The molecule has 23 heavy (non-hydrogen) atoms. The van der Waals surface area contributed by atoms with Gasteiger partial charge in [0, 0.05) is 13.3 Å². The van der Waals surface area contributed by atoms with Crippen LogP contribution in [0.15, 0.2) is 6.20 Å². The van der Waals surface area contributed by atoms with Crippen LogP contribution >= 0.6 is 11.6 Å². The van der Waals surface area contributed by atoms with Gasteiger partial charge in [-0.05, 0) is 0 Å². The van der Waals surface area contributed by atoms with E-state index in [2.05, 4.69) is 9.97 Å². The van der Waals surface area contributed by atoms with E-state index in [1.807, 2.05) is 6.07 Å². The van der Waals surface area contributed by atoms with Gasteiger partial charge in [0.2, 0.25) is 5.95 Å². The van der Waals surface area contributed by atoms with Crippen molar-refractivity contribution >= 4 is 28.6 Å². The molecule has 1 fully saturated rings. The summed E-state index contributed by atoms with van der Waals surface area (Å²) in [5.41, 5.74) is 6.16. The summed E-state index contributed by atoms with van der Waals surface area (Å²) in [5.74, 6) is -0.0578. The molecule has 3 rings (SSSR count). The molecule has 4 N–H and O–H groups in total. The predicted octanol–water partition coefficient (Wildman–Crippen LogP) is -0.196. The molecule has 0 saturated carbocycles. The lowest BCUT2D eigenvalue weighted by Gasteiger charge is -2.20. The normalized spacial score (nSPS) is 27.4. The number of aromatic nitrogens is 3. The lowest BCUT2D eigenvalue weighted by atomic mass is 10.1. The van der Waals surface area contributed by atoms with Gasteiger partial charge in [-0.1, -0.05) is 11.6 Å². The summed E-state index contributed by atoms with van der Waals surface area (Å²) in [6, 6.07) is 2.01. The molecule has 0 aromatic carbocycles. The number of ether oxygens (including phenoxy) is 2. The highest BCUT2D eigenvalue weighted by Crippen LogP contribution is 2.36. The third kappa shape index (κ3) is 2.41. The highest BCUT2D eigenvalue weighted by atomic mass is 35.5. The number of hydrogen-bond donors (Lipinski definition) is 3. The van der Waals surface area contributed by atoms with E-state index in [1.165, 1.54) is 17.9 Å². The molecule has 2 aromatic heterocycles. The van der Waals surface area contributed by atoms with Crippen molar-refractivity contribution in [3.8, 4) is 6.07 Å². The summed E-state index contributed by atoms with van der Waals surface area (Å²) < 4.78 is 12.4. The van der Waals surface area contributed by atoms with Crippen LogP contribution in [0.1, 0.15) is 11.8 Å². The minimum absolute atomic E-state index is 0.0500. The smallest absolute Gasteiger partial charge is 0.223 e. The number of methoxy groups -OCH3 is 1. The maximum atomic E-state index is 10.2. The van der Waals surface area contributed by atoms with E-state index in [1.54, 1.807) is 0 Å². The monoisotopic (exact) mass is 339 g/mol. The van der Waals surface area contributed by atoms with Crippen LogP contribution in [0.2, 0.25) is 5.15 Å². The fourth-order valence-electron chi connectivity index (χ4n) is 2.75. The molecule has 0 bridgehead atoms. The zero-order valence-electron chi connectivity index (χ0n) is 12.0. The molecule has 0 radical (unpaired) electrons. The van der Waals surface area contributed by atoms with Crippen LogP contribution in [0, 0.1) is 11.3 Å². The predicted molar refractivity (Wildman–Crippen MR) is 79.5 cm³/mol. The molecule has 10 heteroatoms. The molecule has 0 aliphatic carbocycles. The summed E-state index contributed by atoms with van der Waals surface area (Å²) in [5, 5.41) is 29.1. The molecule has 3 heterocycles.